The lowest BCUT2D eigenvalue weighted by molar-refractivity contribution is 0.241. The molecule has 0 saturated carbocycles. The Hall–Kier alpha value is -1.96. The number of aromatic hydroxyl groups is 1. The highest BCUT2D eigenvalue weighted by Crippen LogP contribution is 2.42. The van der Waals surface area contributed by atoms with Gasteiger partial charge in [-0.1, -0.05) is 36.5 Å². The van der Waals surface area contributed by atoms with Gasteiger partial charge < -0.3 is 10.4 Å². The molecule has 0 aliphatic heterocycles. The highest BCUT2D eigenvalue weighted by molar-refractivity contribution is 7.82. The SMILES string of the molecule is CC(C)(C)NC(=O)N(S)c1cc(Cl)c(O)c(-c2nc3ccccc3s2)c1. The third-order valence-electron chi connectivity index (χ3n) is 3.49. The zero-order valence-electron chi connectivity index (χ0n) is 14.4. The molecule has 0 aliphatic carbocycles. The lowest BCUT2D eigenvalue weighted by Crippen LogP contribution is -2.45. The molecule has 0 aliphatic rings. The van der Waals surface area contributed by atoms with E-state index in [1.165, 1.54) is 17.4 Å². The summed E-state index contributed by atoms with van der Waals surface area (Å²) in [6.07, 6.45) is 0. The van der Waals surface area contributed by atoms with E-state index in [9.17, 15) is 9.90 Å². The van der Waals surface area contributed by atoms with Gasteiger partial charge in [0, 0.05) is 5.54 Å². The number of thiol groups is 1. The quantitative estimate of drug-likeness (QED) is 0.492. The van der Waals surface area contributed by atoms with Crippen molar-refractivity contribution in [2.45, 2.75) is 26.3 Å². The van der Waals surface area contributed by atoms with Crippen LogP contribution in [0.2, 0.25) is 5.02 Å². The van der Waals surface area contributed by atoms with E-state index in [-0.39, 0.29) is 10.8 Å². The van der Waals surface area contributed by atoms with Crippen LogP contribution >= 0.6 is 35.8 Å². The van der Waals surface area contributed by atoms with Gasteiger partial charge in [0.2, 0.25) is 0 Å². The number of rotatable bonds is 2. The molecular weight excluding hydrogens is 390 g/mol. The first kappa shape index (κ1) is 18.8. The molecule has 5 nitrogen and oxygen atoms in total. The maximum atomic E-state index is 12.4. The Bertz CT molecular complexity index is 949. The number of thiazole rings is 1. The number of urea groups is 1. The van der Waals surface area contributed by atoms with Crippen LogP contribution in [-0.2, 0) is 0 Å². The van der Waals surface area contributed by atoms with Gasteiger partial charge in [0.05, 0.1) is 26.5 Å². The fourth-order valence-electron chi connectivity index (χ4n) is 2.35. The summed E-state index contributed by atoms with van der Waals surface area (Å²) >= 11 is 11.9. The van der Waals surface area contributed by atoms with Gasteiger partial charge in [0.15, 0.2) is 0 Å². The summed E-state index contributed by atoms with van der Waals surface area (Å²) in [6, 6.07) is 10.4. The van der Waals surface area contributed by atoms with Crippen LogP contribution in [0.15, 0.2) is 36.4 Å². The molecule has 3 rings (SSSR count). The molecule has 3 aromatic rings. The fourth-order valence-corrected chi connectivity index (χ4v) is 3.71. The van der Waals surface area contributed by atoms with Crippen LogP contribution in [0, 0.1) is 0 Å². The summed E-state index contributed by atoms with van der Waals surface area (Å²) in [5.41, 5.74) is 1.32. The minimum absolute atomic E-state index is 0.0764. The highest BCUT2D eigenvalue weighted by Gasteiger charge is 2.22. The molecule has 0 spiro atoms. The molecule has 2 amide bonds. The molecule has 26 heavy (non-hydrogen) atoms. The van der Waals surface area contributed by atoms with Crippen molar-refractivity contribution in [3.63, 3.8) is 0 Å². The summed E-state index contributed by atoms with van der Waals surface area (Å²) in [4.78, 5) is 16.9. The molecule has 0 saturated heterocycles. The number of nitrogens with one attached hydrogen (secondary N) is 1. The Morgan fingerprint density at radius 1 is 1.31 bits per heavy atom. The number of halogens is 1. The van der Waals surface area contributed by atoms with Crippen molar-refractivity contribution in [1.29, 1.82) is 0 Å². The summed E-state index contributed by atoms with van der Waals surface area (Å²) < 4.78 is 2.16. The minimum Gasteiger partial charge on any atom is -0.506 e. The predicted molar refractivity (Wildman–Crippen MR) is 111 cm³/mol. The smallest absolute Gasteiger partial charge is 0.332 e. The zero-order chi connectivity index (χ0) is 19.1. The van der Waals surface area contributed by atoms with E-state index in [2.05, 4.69) is 23.1 Å². The Morgan fingerprint density at radius 2 is 2.00 bits per heavy atom. The molecule has 2 N–H and O–H groups in total. The van der Waals surface area contributed by atoms with E-state index in [0.29, 0.717) is 16.3 Å². The van der Waals surface area contributed by atoms with Crippen molar-refractivity contribution in [2.75, 3.05) is 4.31 Å². The fraction of sp³-hybridized carbons (Fsp3) is 0.222. The number of phenols is 1. The maximum Gasteiger partial charge on any atom is 0.332 e. The molecule has 0 fully saturated rings. The average molecular weight is 408 g/mol. The summed E-state index contributed by atoms with van der Waals surface area (Å²) in [5, 5.41) is 14.0. The van der Waals surface area contributed by atoms with Crippen molar-refractivity contribution >= 4 is 57.7 Å². The van der Waals surface area contributed by atoms with Crippen LogP contribution in [0.4, 0.5) is 10.5 Å². The summed E-state index contributed by atoms with van der Waals surface area (Å²) in [7, 11) is 0. The molecule has 0 unspecified atom stereocenters. The number of anilines is 1. The van der Waals surface area contributed by atoms with Gasteiger partial charge >= 0.3 is 6.03 Å². The van der Waals surface area contributed by atoms with E-state index in [1.807, 2.05) is 45.0 Å². The van der Waals surface area contributed by atoms with Crippen LogP contribution in [0.25, 0.3) is 20.8 Å². The second-order valence-electron chi connectivity index (χ2n) is 6.80. The Labute approximate surface area is 166 Å². The Kier molecular flexibility index (Phi) is 5.05. The Balaban J connectivity index is 2.03. The first-order valence-corrected chi connectivity index (χ1v) is 9.45. The van der Waals surface area contributed by atoms with Crippen molar-refractivity contribution in [2.24, 2.45) is 0 Å². The normalized spacial score (nSPS) is 11.6. The molecule has 8 heteroatoms. The number of amides is 2. The van der Waals surface area contributed by atoms with Gasteiger partial charge in [0.1, 0.15) is 10.8 Å². The van der Waals surface area contributed by atoms with Gasteiger partial charge in [-0.05, 0) is 45.0 Å². The number of phenolic OH excluding ortho intramolecular Hbond substituents is 1. The van der Waals surface area contributed by atoms with Gasteiger partial charge in [-0.3, -0.25) is 0 Å². The first-order valence-electron chi connectivity index (χ1n) is 7.85. The van der Waals surface area contributed by atoms with Crippen molar-refractivity contribution in [3.8, 4) is 16.3 Å². The summed E-state index contributed by atoms with van der Waals surface area (Å²) in [6.45, 7) is 5.63. The number of hydrogen-bond donors (Lipinski definition) is 3. The van der Waals surface area contributed by atoms with Crippen molar-refractivity contribution in [1.82, 2.24) is 10.3 Å². The largest absolute Gasteiger partial charge is 0.506 e. The van der Waals surface area contributed by atoms with E-state index in [4.69, 9.17) is 11.6 Å². The second-order valence-corrected chi connectivity index (χ2v) is 8.64. The number of carbonyl (C=O) groups is 1. The van der Waals surface area contributed by atoms with Gasteiger partial charge in [0.25, 0.3) is 0 Å². The molecular formula is C18H18ClN3O2S2. The lowest BCUT2D eigenvalue weighted by Gasteiger charge is -2.25. The summed E-state index contributed by atoms with van der Waals surface area (Å²) in [5.74, 6) is -0.0764. The van der Waals surface area contributed by atoms with Crippen LogP contribution in [0.3, 0.4) is 0 Å². The van der Waals surface area contributed by atoms with E-state index >= 15 is 0 Å². The Morgan fingerprint density at radius 3 is 2.65 bits per heavy atom. The number of benzene rings is 2. The third-order valence-corrected chi connectivity index (χ3v) is 5.26. The topological polar surface area (TPSA) is 65.5 Å². The number of carbonyl (C=O) groups excluding carboxylic acids is 1. The van der Waals surface area contributed by atoms with Crippen LogP contribution in [0.5, 0.6) is 5.75 Å². The highest BCUT2D eigenvalue weighted by atomic mass is 35.5. The standard InChI is InChI=1S/C18H18ClN3O2S2/c1-18(2,3)21-17(24)22(25)10-8-11(15(23)12(19)9-10)16-20-13-6-4-5-7-14(13)26-16/h4-9,23,25H,1-3H3,(H,21,24). The van der Waals surface area contributed by atoms with E-state index in [0.717, 1.165) is 14.5 Å². The number of aromatic nitrogens is 1. The number of fused-ring (bicyclic) bond motifs is 1. The van der Waals surface area contributed by atoms with Crippen molar-refractivity contribution in [3.05, 3.63) is 41.4 Å². The number of para-hydroxylation sites is 1. The zero-order valence-corrected chi connectivity index (χ0v) is 16.9. The van der Waals surface area contributed by atoms with Crippen LogP contribution in [0.1, 0.15) is 20.8 Å². The average Bonchev–Trinajstić information content (AvgIpc) is 2.98. The minimum atomic E-state index is -0.408. The first-order chi connectivity index (χ1) is 12.2. The molecule has 136 valence electrons. The van der Waals surface area contributed by atoms with Gasteiger partial charge in [-0.25, -0.2) is 14.1 Å². The van der Waals surface area contributed by atoms with Crippen molar-refractivity contribution < 1.29 is 9.90 Å². The third kappa shape index (κ3) is 3.90. The maximum absolute atomic E-state index is 12.4. The molecule has 1 heterocycles. The van der Waals surface area contributed by atoms with Gasteiger partial charge in [-0.2, -0.15) is 0 Å². The van der Waals surface area contributed by atoms with Gasteiger partial charge in [-0.15, -0.1) is 11.3 Å². The molecule has 0 atom stereocenters. The molecule has 1 aromatic heterocycles. The lowest BCUT2D eigenvalue weighted by atomic mass is 10.1. The number of hydrogen-bond acceptors (Lipinski definition) is 5. The van der Waals surface area contributed by atoms with Crippen LogP contribution < -0.4 is 9.62 Å². The molecule has 0 radical (unpaired) electrons. The predicted octanol–water partition coefficient (Wildman–Crippen LogP) is 5.48. The second kappa shape index (κ2) is 6.98. The molecule has 2 aromatic carbocycles. The van der Waals surface area contributed by atoms with E-state index < -0.39 is 11.6 Å². The monoisotopic (exact) mass is 407 g/mol. The number of nitrogens with zero attached hydrogens (tertiary/aromatic N) is 2. The van der Waals surface area contributed by atoms with E-state index in [1.54, 1.807) is 6.07 Å². The van der Waals surface area contributed by atoms with Crippen LogP contribution in [-0.4, -0.2) is 21.7 Å². The molecule has 0 bridgehead atoms.